The number of rotatable bonds is 3. The fourth-order valence-corrected chi connectivity index (χ4v) is 2.21. The van der Waals surface area contributed by atoms with Crippen LogP contribution in [0, 0.1) is 6.92 Å². The molecule has 1 aliphatic carbocycles. The van der Waals surface area contributed by atoms with Crippen LogP contribution in [0.2, 0.25) is 0 Å². The highest BCUT2D eigenvalue weighted by atomic mass is 35.5. The van der Waals surface area contributed by atoms with E-state index in [-0.39, 0.29) is 0 Å². The van der Waals surface area contributed by atoms with E-state index in [4.69, 9.17) is 11.6 Å². The van der Waals surface area contributed by atoms with Gasteiger partial charge in [-0.25, -0.2) is 0 Å². The Balaban J connectivity index is 2.07. The van der Waals surface area contributed by atoms with Crippen LogP contribution in [0.15, 0.2) is 24.3 Å². The molecule has 1 fully saturated rings. The largest absolute Gasteiger partial charge is 0.307 e. The molecule has 1 saturated carbocycles. The van der Waals surface area contributed by atoms with Crippen LogP contribution in [0.1, 0.15) is 30.3 Å². The summed E-state index contributed by atoms with van der Waals surface area (Å²) in [5, 5.41) is 8.45. The highest BCUT2D eigenvalue weighted by molar-refractivity contribution is 6.16. The van der Waals surface area contributed by atoms with Gasteiger partial charge in [-0.15, -0.1) is 21.8 Å². The maximum atomic E-state index is 5.91. The molecule has 3 rings (SSSR count). The van der Waals surface area contributed by atoms with Gasteiger partial charge in [0.25, 0.3) is 0 Å². The number of alkyl halides is 1. The Bertz CT molecular complexity index is 526. The third kappa shape index (κ3) is 1.95. The molecule has 1 aromatic carbocycles. The fraction of sp³-hybridized carbons (Fsp3) is 0.385. The Labute approximate surface area is 105 Å². The second-order valence-electron chi connectivity index (χ2n) is 4.54. The van der Waals surface area contributed by atoms with E-state index in [1.54, 1.807) is 0 Å². The number of hydrogen-bond acceptors (Lipinski definition) is 2. The summed E-state index contributed by atoms with van der Waals surface area (Å²) < 4.78 is 2.19. The SMILES string of the molecule is Cc1ccc(-c2nnc(CCl)n2C2CC2)cc1. The molecule has 1 aliphatic rings. The molecular weight excluding hydrogens is 234 g/mol. The smallest absolute Gasteiger partial charge is 0.164 e. The first-order valence-electron chi connectivity index (χ1n) is 5.86. The van der Waals surface area contributed by atoms with E-state index in [0.29, 0.717) is 11.9 Å². The minimum Gasteiger partial charge on any atom is -0.307 e. The van der Waals surface area contributed by atoms with Crippen molar-refractivity contribution in [1.29, 1.82) is 0 Å². The quantitative estimate of drug-likeness (QED) is 0.779. The molecule has 0 amide bonds. The van der Waals surface area contributed by atoms with Gasteiger partial charge in [0.1, 0.15) is 5.82 Å². The summed E-state index contributed by atoms with van der Waals surface area (Å²) in [5.41, 5.74) is 2.37. The van der Waals surface area contributed by atoms with Crippen molar-refractivity contribution in [3.63, 3.8) is 0 Å². The van der Waals surface area contributed by atoms with Crippen molar-refractivity contribution >= 4 is 11.6 Å². The maximum absolute atomic E-state index is 5.91. The zero-order chi connectivity index (χ0) is 11.8. The van der Waals surface area contributed by atoms with Crippen LogP contribution in [-0.2, 0) is 5.88 Å². The lowest BCUT2D eigenvalue weighted by Crippen LogP contribution is -2.01. The van der Waals surface area contributed by atoms with Gasteiger partial charge in [-0.05, 0) is 19.8 Å². The van der Waals surface area contributed by atoms with Crippen molar-refractivity contribution in [3.05, 3.63) is 35.7 Å². The normalized spacial score (nSPS) is 15.2. The Kier molecular flexibility index (Phi) is 2.63. The van der Waals surface area contributed by atoms with Crippen molar-refractivity contribution < 1.29 is 0 Å². The Morgan fingerprint density at radius 1 is 1.24 bits per heavy atom. The molecule has 0 N–H and O–H groups in total. The summed E-state index contributed by atoms with van der Waals surface area (Å²) in [6.07, 6.45) is 2.42. The average Bonchev–Trinajstić information content (AvgIpc) is 3.10. The van der Waals surface area contributed by atoms with Gasteiger partial charge >= 0.3 is 0 Å². The predicted molar refractivity (Wildman–Crippen MR) is 68.0 cm³/mol. The molecule has 17 heavy (non-hydrogen) atoms. The van der Waals surface area contributed by atoms with E-state index < -0.39 is 0 Å². The summed E-state index contributed by atoms with van der Waals surface area (Å²) in [7, 11) is 0. The molecule has 0 saturated heterocycles. The van der Waals surface area contributed by atoms with Gasteiger partial charge in [-0.3, -0.25) is 0 Å². The van der Waals surface area contributed by atoms with E-state index >= 15 is 0 Å². The molecule has 88 valence electrons. The Hall–Kier alpha value is -1.35. The topological polar surface area (TPSA) is 30.7 Å². The maximum Gasteiger partial charge on any atom is 0.164 e. The lowest BCUT2D eigenvalue weighted by molar-refractivity contribution is 0.712. The summed E-state index contributed by atoms with van der Waals surface area (Å²) in [6, 6.07) is 8.94. The van der Waals surface area contributed by atoms with Gasteiger partial charge in [0.15, 0.2) is 5.82 Å². The summed E-state index contributed by atoms with van der Waals surface area (Å²) >= 11 is 5.91. The van der Waals surface area contributed by atoms with E-state index in [1.807, 2.05) is 0 Å². The van der Waals surface area contributed by atoms with Crippen LogP contribution < -0.4 is 0 Å². The molecular formula is C13H14ClN3. The second kappa shape index (κ2) is 4.15. The first-order valence-corrected chi connectivity index (χ1v) is 6.40. The third-order valence-corrected chi connectivity index (χ3v) is 3.35. The summed E-state index contributed by atoms with van der Waals surface area (Å²) in [5.74, 6) is 2.25. The minimum atomic E-state index is 0.426. The van der Waals surface area contributed by atoms with Crippen molar-refractivity contribution in [2.45, 2.75) is 31.7 Å². The van der Waals surface area contributed by atoms with Gasteiger partial charge < -0.3 is 4.57 Å². The lowest BCUT2D eigenvalue weighted by atomic mass is 10.1. The second-order valence-corrected chi connectivity index (χ2v) is 4.81. The third-order valence-electron chi connectivity index (χ3n) is 3.11. The van der Waals surface area contributed by atoms with Gasteiger partial charge in [0.2, 0.25) is 0 Å². The average molecular weight is 248 g/mol. The minimum absolute atomic E-state index is 0.426. The number of nitrogens with zero attached hydrogens (tertiary/aromatic N) is 3. The molecule has 0 bridgehead atoms. The van der Waals surface area contributed by atoms with Crippen LogP contribution in [-0.4, -0.2) is 14.8 Å². The van der Waals surface area contributed by atoms with Gasteiger partial charge in [-0.2, -0.15) is 0 Å². The van der Waals surface area contributed by atoms with E-state index in [0.717, 1.165) is 17.2 Å². The summed E-state index contributed by atoms with van der Waals surface area (Å²) in [6.45, 7) is 2.08. The molecule has 0 radical (unpaired) electrons. The van der Waals surface area contributed by atoms with Crippen LogP contribution >= 0.6 is 11.6 Å². The first kappa shape index (κ1) is 10.8. The molecule has 3 nitrogen and oxygen atoms in total. The van der Waals surface area contributed by atoms with Crippen LogP contribution in [0.3, 0.4) is 0 Å². The van der Waals surface area contributed by atoms with Crippen molar-refractivity contribution in [3.8, 4) is 11.4 Å². The molecule has 0 spiro atoms. The van der Waals surface area contributed by atoms with Crippen molar-refractivity contribution in [2.24, 2.45) is 0 Å². The predicted octanol–water partition coefficient (Wildman–Crippen LogP) is 3.33. The highest BCUT2D eigenvalue weighted by Crippen LogP contribution is 2.39. The number of aryl methyl sites for hydroxylation is 1. The highest BCUT2D eigenvalue weighted by Gasteiger charge is 2.29. The molecule has 0 aliphatic heterocycles. The van der Waals surface area contributed by atoms with Crippen LogP contribution in [0.25, 0.3) is 11.4 Å². The molecule has 4 heteroatoms. The number of benzene rings is 1. The molecule has 2 aromatic rings. The standard InChI is InChI=1S/C13H14ClN3/c1-9-2-4-10(5-3-9)13-16-15-12(8-14)17(13)11-6-7-11/h2-5,11H,6-8H2,1H3. The van der Waals surface area contributed by atoms with Gasteiger partial charge in [0, 0.05) is 11.6 Å². The van der Waals surface area contributed by atoms with Gasteiger partial charge in [0.05, 0.1) is 5.88 Å². The van der Waals surface area contributed by atoms with Crippen molar-refractivity contribution in [2.75, 3.05) is 0 Å². The number of aromatic nitrogens is 3. The van der Waals surface area contributed by atoms with E-state index in [9.17, 15) is 0 Å². The molecule has 0 atom stereocenters. The molecule has 1 aromatic heterocycles. The molecule has 1 heterocycles. The lowest BCUT2D eigenvalue weighted by Gasteiger charge is -2.07. The van der Waals surface area contributed by atoms with Gasteiger partial charge in [-0.1, -0.05) is 29.8 Å². The van der Waals surface area contributed by atoms with Crippen LogP contribution in [0.5, 0.6) is 0 Å². The zero-order valence-corrected chi connectivity index (χ0v) is 10.5. The monoisotopic (exact) mass is 247 g/mol. The number of halogens is 1. The van der Waals surface area contributed by atoms with Crippen LogP contribution in [0.4, 0.5) is 0 Å². The van der Waals surface area contributed by atoms with Crippen molar-refractivity contribution in [1.82, 2.24) is 14.8 Å². The van der Waals surface area contributed by atoms with E-state index in [2.05, 4.69) is 46.0 Å². The Morgan fingerprint density at radius 3 is 2.53 bits per heavy atom. The summed E-state index contributed by atoms with van der Waals surface area (Å²) in [4.78, 5) is 0. The number of hydrogen-bond donors (Lipinski definition) is 0. The fourth-order valence-electron chi connectivity index (χ4n) is 2.03. The first-order chi connectivity index (χ1) is 8.29. The Morgan fingerprint density at radius 2 is 1.94 bits per heavy atom. The van der Waals surface area contributed by atoms with E-state index in [1.165, 1.54) is 18.4 Å². The molecule has 0 unspecified atom stereocenters. The zero-order valence-electron chi connectivity index (χ0n) is 9.73.